The molecule has 0 aliphatic heterocycles. The number of phosphoric acid groups is 1. The summed E-state index contributed by atoms with van der Waals surface area (Å²) in [6, 6.07) is 0. The van der Waals surface area contributed by atoms with E-state index in [-0.39, 0.29) is 6.61 Å². The standard InChI is InChI=1S/2C6H8N2.C3H7O4P/c2*1-2-4-8-5-3-7-6-8;1-2-3-7-8(4,5)6/h2*2-3,5-6H,1,4H2;2H,1,3H2,(H2,4,5,6). The van der Waals surface area contributed by atoms with E-state index in [4.69, 9.17) is 0 Å². The van der Waals surface area contributed by atoms with Gasteiger partial charge in [0, 0.05) is 0 Å². The van der Waals surface area contributed by atoms with Crippen molar-refractivity contribution in [1.82, 2.24) is 9.97 Å². The molecule has 24 heavy (non-hydrogen) atoms. The topological polar surface area (TPSA) is 112 Å². The molecule has 132 valence electrons. The maximum Gasteiger partial charge on any atom is 0.241 e. The van der Waals surface area contributed by atoms with Crippen molar-refractivity contribution >= 4 is 7.82 Å². The third-order valence-electron chi connectivity index (χ3n) is 2.24. The van der Waals surface area contributed by atoms with Crippen LogP contribution in [0.25, 0.3) is 0 Å². The maximum absolute atomic E-state index is 9.59. The number of H-pyrrole nitrogens is 2. The van der Waals surface area contributed by atoms with E-state index in [1.807, 2.05) is 58.7 Å². The molecule has 0 atom stereocenters. The number of hydrogen-bond donors (Lipinski definition) is 2. The lowest BCUT2D eigenvalue weighted by Gasteiger charge is -2.27. The van der Waals surface area contributed by atoms with Crippen molar-refractivity contribution in [1.29, 1.82) is 0 Å². The zero-order valence-electron chi connectivity index (χ0n) is 13.4. The van der Waals surface area contributed by atoms with E-state index in [2.05, 4.69) is 34.2 Å². The lowest BCUT2D eigenvalue weighted by Crippen LogP contribution is -2.28. The van der Waals surface area contributed by atoms with Gasteiger partial charge in [0.2, 0.25) is 12.7 Å². The smallest absolute Gasteiger partial charge is 0.241 e. The van der Waals surface area contributed by atoms with Crippen LogP contribution in [0.15, 0.2) is 75.4 Å². The molecule has 0 amide bonds. The van der Waals surface area contributed by atoms with E-state index >= 15 is 0 Å². The minimum Gasteiger partial charge on any atom is -0.790 e. The third-order valence-corrected chi connectivity index (χ3v) is 2.70. The number of phosphoric ester groups is 1. The van der Waals surface area contributed by atoms with Crippen molar-refractivity contribution in [3.63, 3.8) is 0 Å². The second kappa shape index (κ2) is 13.2. The molecule has 0 unspecified atom stereocenters. The lowest BCUT2D eigenvalue weighted by atomic mass is 10.6. The van der Waals surface area contributed by atoms with Crippen LogP contribution in [0, 0.1) is 0 Å². The molecule has 9 heteroatoms. The van der Waals surface area contributed by atoms with Crippen molar-refractivity contribution in [2.45, 2.75) is 13.1 Å². The monoisotopic (exact) mass is 354 g/mol. The Balaban J connectivity index is 0.000000331. The zero-order valence-corrected chi connectivity index (χ0v) is 14.3. The summed E-state index contributed by atoms with van der Waals surface area (Å²) in [6.45, 7) is 11.9. The van der Waals surface area contributed by atoms with Crippen molar-refractivity contribution in [2.75, 3.05) is 6.61 Å². The van der Waals surface area contributed by atoms with E-state index in [9.17, 15) is 14.4 Å². The van der Waals surface area contributed by atoms with Crippen LogP contribution in [0.1, 0.15) is 0 Å². The molecular weight excluding hydrogens is 331 g/mol. The quantitative estimate of drug-likeness (QED) is 0.414. The van der Waals surface area contributed by atoms with Gasteiger partial charge in [-0.3, -0.25) is 9.97 Å². The fourth-order valence-corrected chi connectivity index (χ4v) is 1.60. The average Bonchev–Trinajstić information content (AvgIpc) is 3.20. The summed E-state index contributed by atoms with van der Waals surface area (Å²) in [5.74, 6) is 0. The number of aromatic amines is 2. The summed E-state index contributed by atoms with van der Waals surface area (Å²) in [4.78, 5) is 25.0. The number of nitrogens with zero attached hydrogens (tertiary/aromatic N) is 2. The molecular formula is C15H23N4O4P. The molecule has 0 aliphatic carbocycles. The van der Waals surface area contributed by atoms with Crippen LogP contribution in [-0.4, -0.2) is 16.6 Å². The Morgan fingerprint density at radius 1 is 0.958 bits per heavy atom. The van der Waals surface area contributed by atoms with Crippen LogP contribution in [0.2, 0.25) is 0 Å². The Hall–Kier alpha value is -2.25. The molecule has 0 saturated heterocycles. The predicted octanol–water partition coefficient (Wildman–Crippen LogP) is -0.00590. The average molecular weight is 354 g/mol. The molecule has 2 rings (SSSR count). The Bertz CT molecular complexity index is 565. The molecule has 2 aromatic heterocycles. The number of aromatic nitrogens is 4. The predicted molar refractivity (Wildman–Crippen MR) is 86.1 cm³/mol. The molecule has 0 fully saturated rings. The molecule has 2 aromatic rings. The van der Waals surface area contributed by atoms with E-state index in [0.29, 0.717) is 0 Å². The van der Waals surface area contributed by atoms with Gasteiger partial charge in [-0.2, -0.15) is 0 Å². The van der Waals surface area contributed by atoms with Crippen LogP contribution in [-0.2, 0) is 22.2 Å². The van der Waals surface area contributed by atoms with Crippen LogP contribution in [0.5, 0.6) is 0 Å². The number of allylic oxidation sites excluding steroid dienone is 2. The van der Waals surface area contributed by atoms with Crippen LogP contribution in [0.4, 0.5) is 0 Å². The molecule has 8 nitrogen and oxygen atoms in total. The molecule has 0 bridgehead atoms. The first-order valence-electron chi connectivity index (χ1n) is 6.96. The summed E-state index contributed by atoms with van der Waals surface area (Å²) in [5.41, 5.74) is 0. The zero-order chi connectivity index (χ0) is 18.3. The van der Waals surface area contributed by atoms with Gasteiger partial charge in [-0.25, -0.2) is 9.13 Å². The van der Waals surface area contributed by atoms with Gasteiger partial charge < -0.3 is 18.9 Å². The van der Waals surface area contributed by atoms with Crippen LogP contribution in [0.3, 0.4) is 0 Å². The van der Waals surface area contributed by atoms with Crippen molar-refractivity contribution < 1.29 is 28.0 Å². The second-order valence-electron chi connectivity index (χ2n) is 4.23. The van der Waals surface area contributed by atoms with E-state index in [0.717, 1.165) is 13.1 Å². The first kappa shape index (κ1) is 21.8. The first-order chi connectivity index (χ1) is 11.4. The minimum atomic E-state index is -4.75. The summed E-state index contributed by atoms with van der Waals surface area (Å²) in [7, 11) is -4.75. The van der Waals surface area contributed by atoms with Gasteiger partial charge in [0.05, 0.1) is 14.4 Å². The second-order valence-corrected chi connectivity index (χ2v) is 5.38. The Kier molecular flexibility index (Phi) is 12.0. The molecule has 2 heterocycles. The summed E-state index contributed by atoms with van der Waals surface area (Å²) in [6.07, 6.45) is 16.4. The first-order valence-corrected chi connectivity index (χ1v) is 8.42. The molecule has 2 N–H and O–H groups in total. The molecule has 0 spiro atoms. The Labute approximate surface area is 141 Å². The van der Waals surface area contributed by atoms with Gasteiger partial charge in [-0.1, -0.05) is 31.4 Å². The SMILES string of the molecule is C=CCOP(=O)([O-])[O-].C=CC[n+]1cc[nH]c1.C=CC[n+]1cc[nH]c1. The number of hydrogen-bond acceptors (Lipinski definition) is 4. The minimum absolute atomic E-state index is 0.246. The molecule has 0 aromatic carbocycles. The lowest BCUT2D eigenvalue weighted by molar-refractivity contribution is -0.685. The molecule has 0 radical (unpaired) electrons. The molecule has 0 aliphatic rings. The van der Waals surface area contributed by atoms with Crippen molar-refractivity contribution in [3.8, 4) is 0 Å². The number of nitrogens with one attached hydrogen (secondary N) is 2. The van der Waals surface area contributed by atoms with E-state index in [1.54, 1.807) is 0 Å². The van der Waals surface area contributed by atoms with E-state index < -0.39 is 7.82 Å². The van der Waals surface area contributed by atoms with Crippen molar-refractivity contribution in [3.05, 3.63) is 75.4 Å². The Morgan fingerprint density at radius 2 is 1.42 bits per heavy atom. The van der Waals surface area contributed by atoms with Gasteiger partial charge >= 0.3 is 0 Å². The molecule has 0 saturated carbocycles. The van der Waals surface area contributed by atoms with E-state index in [1.165, 1.54) is 6.08 Å². The van der Waals surface area contributed by atoms with Gasteiger partial charge in [-0.05, 0) is 0 Å². The maximum atomic E-state index is 9.59. The highest BCUT2D eigenvalue weighted by molar-refractivity contribution is 7.43. The highest BCUT2D eigenvalue weighted by Crippen LogP contribution is 2.23. The largest absolute Gasteiger partial charge is 0.790 e. The highest BCUT2D eigenvalue weighted by Gasteiger charge is 1.88. The van der Waals surface area contributed by atoms with Gasteiger partial charge in [0.1, 0.15) is 37.9 Å². The van der Waals surface area contributed by atoms with Gasteiger partial charge in [0.15, 0.2) is 0 Å². The normalized spacial score (nSPS) is 9.75. The highest BCUT2D eigenvalue weighted by atomic mass is 31.2. The van der Waals surface area contributed by atoms with Gasteiger partial charge in [0.25, 0.3) is 0 Å². The summed E-state index contributed by atoms with van der Waals surface area (Å²) in [5, 5.41) is 0. The van der Waals surface area contributed by atoms with Crippen LogP contribution < -0.4 is 18.9 Å². The van der Waals surface area contributed by atoms with Crippen molar-refractivity contribution in [2.24, 2.45) is 0 Å². The fraction of sp³-hybridized carbons (Fsp3) is 0.200. The van der Waals surface area contributed by atoms with Gasteiger partial charge in [-0.15, -0.1) is 6.58 Å². The fourth-order valence-electron chi connectivity index (χ4n) is 1.31. The number of rotatable bonds is 7. The number of imidazole rings is 2. The summed E-state index contributed by atoms with van der Waals surface area (Å²) >= 11 is 0. The van der Waals surface area contributed by atoms with Crippen LogP contribution >= 0.6 is 7.82 Å². The summed E-state index contributed by atoms with van der Waals surface area (Å²) < 4.78 is 17.3. The Morgan fingerprint density at radius 3 is 1.62 bits per heavy atom. The third kappa shape index (κ3) is 13.4.